The zero-order valence-corrected chi connectivity index (χ0v) is 18.8. The van der Waals surface area contributed by atoms with Gasteiger partial charge in [0, 0.05) is 25.1 Å². The number of aryl methyl sites for hydroxylation is 1. The first-order valence-corrected chi connectivity index (χ1v) is 10.1. The van der Waals surface area contributed by atoms with E-state index >= 15 is 4.39 Å². The van der Waals surface area contributed by atoms with Gasteiger partial charge in [0.05, 0.1) is 40.4 Å². The fraction of sp³-hybridized carbons (Fsp3) is 0.211. The molecule has 3 aromatic rings. The molecule has 0 saturated carbocycles. The number of hydrogen-bond donors (Lipinski definition) is 3. The van der Waals surface area contributed by atoms with Crippen molar-refractivity contribution in [3.63, 3.8) is 0 Å². The summed E-state index contributed by atoms with van der Waals surface area (Å²) in [4.78, 5) is 33.7. The summed E-state index contributed by atoms with van der Waals surface area (Å²) in [6.45, 7) is -0.0589. The van der Waals surface area contributed by atoms with Crippen molar-refractivity contribution >= 4 is 61.9 Å². The Morgan fingerprint density at radius 3 is 2.81 bits per heavy atom. The van der Waals surface area contributed by atoms with Gasteiger partial charge in [-0.2, -0.15) is 0 Å². The number of anilines is 2. The Morgan fingerprint density at radius 1 is 1.39 bits per heavy atom. The lowest BCUT2D eigenvalue weighted by molar-refractivity contribution is 0.0253. The maximum absolute atomic E-state index is 15.3. The highest BCUT2D eigenvalue weighted by molar-refractivity contribution is 9.10. The quantitative estimate of drug-likeness (QED) is 0.323. The average molecular weight is 515 g/mol. The van der Waals surface area contributed by atoms with Gasteiger partial charge >= 0.3 is 6.09 Å². The first kappa shape index (κ1) is 22.8. The zero-order chi connectivity index (χ0) is 22.7. The van der Waals surface area contributed by atoms with Gasteiger partial charge in [-0.3, -0.25) is 9.63 Å². The number of imidazole rings is 1. The molecule has 31 heavy (non-hydrogen) atoms. The van der Waals surface area contributed by atoms with Crippen LogP contribution in [0.4, 0.5) is 20.6 Å². The van der Waals surface area contributed by atoms with Crippen LogP contribution < -0.4 is 10.8 Å². The van der Waals surface area contributed by atoms with Crippen LogP contribution in [0.2, 0.25) is 5.02 Å². The topological polar surface area (TPSA) is 109 Å². The summed E-state index contributed by atoms with van der Waals surface area (Å²) < 4.78 is 17.6. The first-order valence-electron chi connectivity index (χ1n) is 8.90. The molecule has 0 atom stereocenters. The summed E-state index contributed by atoms with van der Waals surface area (Å²) in [7, 11) is 3.04. The summed E-state index contributed by atoms with van der Waals surface area (Å²) in [6.07, 6.45) is 0.306. The number of hydroxylamine groups is 1. The summed E-state index contributed by atoms with van der Waals surface area (Å²) in [6, 6.07) is 6.45. The van der Waals surface area contributed by atoms with Crippen LogP contribution in [0, 0.1) is 5.82 Å². The van der Waals surface area contributed by atoms with Gasteiger partial charge in [0.25, 0.3) is 5.91 Å². The molecule has 1 aromatic heterocycles. The second-order valence-corrected chi connectivity index (χ2v) is 7.89. The van der Waals surface area contributed by atoms with E-state index in [1.165, 1.54) is 19.4 Å². The van der Waals surface area contributed by atoms with E-state index < -0.39 is 17.8 Å². The highest BCUT2D eigenvalue weighted by Crippen LogP contribution is 2.34. The molecule has 0 bridgehead atoms. The lowest BCUT2D eigenvalue weighted by atomic mass is 10.1. The maximum atomic E-state index is 15.3. The minimum absolute atomic E-state index is 0.0321. The fourth-order valence-electron chi connectivity index (χ4n) is 2.70. The molecular formula is C19H18BrClFN5O4. The van der Waals surface area contributed by atoms with Gasteiger partial charge in [0.1, 0.15) is 5.52 Å². The predicted octanol–water partition coefficient (Wildman–Crippen LogP) is 4.14. The summed E-state index contributed by atoms with van der Waals surface area (Å²) in [5.41, 5.74) is 2.92. The minimum Gasteiger partial charge on any atom is -0.465 e. The molecule has 0 aliphatic rings. The van der Waals surface area contributed by atoms with Gasteiger partial charge in [-0.15, -0.1) is 0 Å². The second kappa shape index (κ2) is 9.50. The van der Waals surface area contributed by atoms with Crippen LogP contribution in [-0.4, -0.2) is 51.8 Å². The zero-order valence-electron chi connectivity index (χ0n) is 16.4. The van der Waals surface area contributed by atoms with Crippen LogP contribution in [-0.2, 0) is 11.9 Å². The second-order valence-electron chi connectivity index (χ2n) is 6.57. The summed E-state index contributed by atoms with van der Waals surface area (Å²) >= 11 is 9.53. The molecule has 0 unspecified atom stereocenters. The summed E-state index contributed by atoms with van der Waals surface area (Å²) in [5, 5.41) is 12.0. The van der Waals surface area contributed by atoms with Crippen LogP contribution >= 0.6 is 27.5 Å². The number of likely N-dealkylation sites (N-methyl/N-ethyl adjacent to an activating group) is 1. The number of carbonyl (C=O) groups is 2. The van der Waals surface area contributed by atoms with Crippen molar-refractivity contribution in [2.24, 2.45) is 7.05 Å². The van der Waals surface area contributed by atoms with Crippen LogP contribution in [0.3, 0.4) is 0 Å². The van der Waals surface area contributed by atoms with E-state index in [1.54, 1.807) is 29.8 Å². The van der Waals surface area contributed by atoms with Gasteiger partial charge in [0.15, 0.2) is 5.82 Å². The third kappa shape index (κ3) is 5.06. The van der Waals surface area contributed by atoms with Crippen molar-refractivity contribution < 1.29 is 23.9 Å². The number of hydrogen-bond acceptors (Lipinski definition) is 5. The molecule has 0 aliphatic carbocycles. The van der Waals surface area contributed by atoms with Gasteiger partial charge in [-0.25, -0.2) is 19.6 Å². The fourth-order valence-corrected chi connectivity index (χ4v) is 3.42. The third-order valence-electron chi connectivity index (χ3n) is 4.42. The smallest absolute Gasteiger partial charge is 0.407 e. The van der Waals surface area contributed by atoms with Crippen LogP contribution in [0.5, 0.6) is 0 Å². The molecule has 1 heterocycles. The first-order chi connectivity index (χ1) is 14.7. The molecule has 164 valence electrons. The Balaban J connectivity index is 1.91. The Morgan fingerprint density at radius 2 is 2.13 bits per heavy atom. The normalized spacial score (nSPS) is 10.9. The highest BCUT2D eigenvalue weighted by atomic mass is 79.9. The number of benzene rings is 2. The molecule has 2 aromatic carbocycles. The molecular weight excluding hydrogens is 497 g/mol. The van der Waals surface area contributed by atoms with Crippen LogP contribution in [0.15, 0.2) is 35.1 Å². The van der Waals surface area contributed by atoms with Crippen molar-refractivity contribution in [1.82, 2.24) is 19.9 Å². The lowest BCUT2D eigenvalue weighted by Gasteiger charge is -2.16. The standard InChI is InChI=1S/C19H18BrClFN5O4/c1-26(19(29)30)5-6-31-25-18(28)11-8-14-17(23-9-27(14)2)15(22)16(11)24-13-4-3-10(20)7-12(13)21/h3-4,7-9,24H,5-6H2,1-2H3,(H,25,28)(H,29,30). The number of nitrogens with zero attached hydrogens (tertiary/aromatic N) is 3. The van der Waals surface area contributed by atoms with Crippen molar-refractivity contribution in [2.75, 3.05) is 25.5 Å². The number of amides is 2. The molecule has 0 saturated heterocycles. The Kier molecular flexibility index (Phi) is 6.98. The molecule has 0 aliphatic heterocycles. The minimum atomic E-state index is -1.13. The largest absolute Gasteiger partial charge is 0.465 e. The molecule has 9 nitrogen and oxygen atoms in total. The third-order valence-corrected chi connectivity index (χ3v) is 5.22. The molecule has 2 amide bonds. The molecule has 3 rings (SSSR count). The number of halogens is 3. The number of rotatable bonds is 7. The number of carboxylic acid groups (broad SMARTS) is 1. The maximum Gasteiger partial charge on any atom is 0.407 e. The number of carbonyl (C=O) groups excluding carboxylic acids is 1. The molecule has 0 spiro atoms. The van der Waals surface area contributed by atoms with E-state index in [4.69, 9.17) is 21.5 Å². The Bertz CT molecular complexity index is 1160. The molecule has 0 radical (unpaired) electrons. The van der Waals surface area contributed by atoms with Crippen LogP contribution in [0.1, 0.15) is 10.4 Å². The van der Waals surface area contributed by atoms with E-state index in [2.05, 4.69) is 31.7 Å². The van der Waals surface area contributed by atoms with E-state index in [1.807, 2.05) is 0 Å². The van der Waals surface area contributed by atoms with Crippen molar-refractivity contribution in [3.05, 3.63) is 51.5 Å². The molecule has 3 N–H and O–H groups in total. The lowest BCUT2D eigenvalue weighted by Crippen LogP contribution is -2.32. The molecule has 12 heteroatoms. The van der Waals surface area contributed by atoms with Crippen molar-refractivity contribution in [3.8, 4) is 0 Å². The predicted molar refractivity (Wildman–Crippen MR) is 117 cm³/mol. The number of aromatic nitrogens is 2. The molecule has 0 fully saturated rings. The summed E-state index contributed by atoms with van der Waals surface area (Å²) in [5.74, 6) is -1.46. The average Bonchev–Trinajstić information content (AvgIpc) is 3.09. The van der Waals surface area contributed by atoms with Gasteiger partial charge in [0.2, 0.25) is 0 Å². The van der Waals surface area contributed by atoms with Crippen molar-refractivity contribution in [1.29, 1.82) is 0 Å². The Labute approximate surface area is 189 Å². The van der Waals surface area contributed by atoms with E-state index in [9.17, 15) is 9.59 Å². The van der Waals surface area contributed by atoms with Gasteiger partial charge in [-0.05, 0) is 24.3 Å². The highest BCUT2D eigenvalue weighted by Gasteiger charge is 2.22. The number of nitrogens with one attached hydrogen (secondary N) is 2. The monoisotopic (exact) mass is 513 g/mol. The van der Waals surface area contributed by atoms with Gasteiger partial charge < -0.3 is 19.9 Å². The van der Waals surface area contributed by atoms with Gasteiger partial charge in [-0.1, -0.05) is 27.5 Å². The van der Waals surface area contributed by atoms with Crippen LogP contribution in [0.25, 0.3) is 11.0 Å². The SMILES string of the molecule is CN(CCONC(=O)c1cc2c(ncn2C)c(F)c1Nc1ccc(Br)cc1Cl)C(=O)O. The van der Waals surface area contributed by atoms with Crippen molar-refractivity contribution in [2.45, 2.75) is 0 Å². The number of fused-ring (bicyclic) bond motifs is 1. The van der Waals surface area contributed by atoms with E-state index in [-0.39, 0.29) is 29.9 Å². The van der Waals surface area contributed by atoms with E-state index in [0.29, 0.717) is 16.2 Å². The van der Waals surface area contributed by atoms with E-state index in [0.717, 1.165) is 9.37 Å². The Hall–Kier alpha value is -2.89.